The molecule has 0 amide bonds. The first-order valence-electron chi connectivity index (χ1n) is 21.5. The number of unbranched alkanes of at least 4 members (excludes halogenated alkanes) is 28. The van der Waals surface area contributed by atoms with Crippen molar-refractivity contribution < 1.29 is 36.8 Å². The zero-order valence-electron chi connectivity index (χ0n) is 33.2. The van der Waals surface area contributed by atoms with Gasteiger partial charge < -0.3 is 19.7 Å². The Bertz CT molecular complexity index is 841. The summed E-state index contributed by atoms with van der Waals surface area (Å²) in [5.74, 6) is -0.370. The molecule has 0 saturated carbocycles. The van der Waals surface area contributed by atoms with Gasteiger partial charge in [0.1, 0.15) is 0 Å². The molecule has 0 N–H and O–H groups in total. The van der Waals surface area contributed by atoms with E-state index in [9.17, 15) is 10.2 Å². The smallest absolute Gasteiger partial charge is 0.613 e. The Hall–Kier alpha value is -1.84. The molecule has 2 rings (SSSR count). The first kappa shape index (κ1) is 49.2. The van der Waals surface area contributed by atoms with Gasteiger partial charge in [-0.25, -0.2) is 0 Å². The van der Waals surface area contributed by atoms with Gasteiger partial charge in [0.15, 0.2) is 0 Å². The van der Waals surface area contributed by atoms with Crippen LogP contribution in [0.1, 0.15) is 206 Å². The fraction of sp³-hybridized carbons (Fsp3) is 0.739. The van der Waals surface area contributed by atoms with E-state index in [1.807, 2.05) is 24.3 Å². The topological polar surface area (TPSA) is 64.6 Å². The second-order valence-corrected chi connectivity index (χ2v) is 14.5. The molecule has 0 aromatic heterocycles. The molecule has 0 aromatic carbocycles. The van der Waals surface area contributed by atoms with Crippen molar-refractivity contribution in [2.24, 2.45) is 0 Å². The maximum atomic E-state index is 11.6. The van der Waals surface area contributed by atoms with Crippen molar-refractivity contribution in [2.75, 3.05) is 13.2 Å². The Morgan fingerprint density at radius 3 is 0.765 bits per heavy atom. The Morgan fingerprint density at radius 2 is 0.549 bits per heavy atom. The standard InChI is InChI=1S/2C23H40O2.Fe/c2*1-2-3-4-5-6-7-8-9-10-11-12-13-14-15-18-21-25-23(24)22-19-16-17-20-22;/h2*16-17,19-20,24H,2-15,18,21H2,1H3;/q;;+2/p-2. The van der Waals surface area contributed by atoms with Crippen LogP contribution in [-0.2, 0) is 26.5 Å². The third-order valence-electron chi connectivity index (χ3n) is 9.76. The van der Waals surface area contributed by atoms with Gasteiger partial charge in [0, 0.05) is 0 Å². The molecule has 0 unspecified atom stereocenters. The predicted molar refractivity (Wildman–Crippen MR) is 212 cm³/mol. The average Bonchev–Trinajstić information content (AvgIpc) is 3.88. The molecule has 0 atom stereocenters. The van der Waals surface area contributed by atoms with Crippen molar-refractivity contribution in [3.8, 4) is 0 Å². The van der Waals surface area contributed by atoms with Crippen LogP contribution in [0.2, 0.25) is 0 Å². The second kappa shape index (κ2) is 39.4. The maximum Gasteiger partial charge on any atom is 2.00 e. The minimum atomic E-state index is -0.185. The summed E-state index contributed by atoms with van der Waals surface area (Å²) < 4.78 is 10.5. The van der Waals surface area contributed by atoms with Crippen LogP contribution < -0.4 is 10.2 Å². The molecule has 5 heteroatoms. The largest absolute Gasteiger partial charge is 2.00 e. The summed E-state index contributed by atoms with van der Waals surface area (Å²) in [6.07, 6.45) is 55.2. The average molecular weight is 751 g/mol. The summed E-state index contributed by atoms with van der Waals surface area (Å²) in [6, 6.07) is 0. The quantitative estimate of drug-likeness (QED) is 0.0373. The first-order valence-corrected chi connectivity index (χ1v) is 21.5. The number of hydrogen-bond donors (Lipinski definition) is 0. The van der Waals surface area contributed by atoms with Gasteiger partial charge in [-0.05, 0) is 37.2 Å². The van der Waals surface area contributed by atoms with E-state index in [-0.39, 0.29) is 29.0 Å². The monoisotopic (exact) mass is 751 g/mol. The van der Waals surface area contributed by atoms with E-state index in [1.165, 1.54) is 180 Å². The fourth-order valence-corrected chi connectivity index (χ4v) is 6.46. The van der Waals surface area contributed by atoms with E-state index in [1.54, 1.807) is 24.3 Å². The zero-order chi connectivity index (χ0) is 36.0. The SMILES string of the molecule is CCCCCCCCCCCCCCCCCOC([O-])=C1C=CC=C1.CCCCCCCCCCCCCCCCCOC([O-])=C1C=CC=C1.[Fe+2]. The van der Waals surface area contributed by atoms with Crippen molar-refractivity contribution in [1.29, 1.82) is 0 Å². The summed E-state index contributed by atoms with van der Waals surface area (Å²) in [5, 5.41) is 23.3. The molecule has 2 aliphatic carbocycles. The fourth-order valence-electron chi connectivity index (χ4n) is 6.46. The van der Waals surface area contributed by atoms with Crippen molar-refractivity contribution in [2.45, 2.75) is 206 Å². The molecular formula is C46H78FeO4. The van der Waals surface area contributed by atoms with Gasteiger partial charge in [-0.1, -0.05) is 242 Å². The third kappa shape index (κ3) is 32.5. The van der Waals surface area contributed by atoms with Gasteiger partial charge >= 0.3 is 17.1 Å². The Balaban J connectivity index is 0.000000962. The molecule has 0 saturated heterocycles. The molecule has 0 radical (unpaired) electrons. The molecule has 51 heavy (non-hydrogen) atoms. The van der Waals surface area contributed by atoms with Crippen LogP contribution in [0.5, 0.6) is 0 Å². The van der Waals surface area contributed by atoms with Gasteiger partial charge in [0.05, 0.1) is 11.9 Å². The van der Waals surface area contributed by atoms with E-state index in [4.69, 9.17) is 9.47 Å². The molecule has 294 valence electrons. The molecule has 2 aliphatic rings. The normalized spacial score (nSPS) is 12.7. The molecule has 0 heterocycles. The third-order valence-corrected chi connectivity index (χ3v) is 9.76. The number of hydrogen-bond acceptors (Lipinski definition) is 4. The van der Waals surface area contributed by atoms with E-state index < -0.39 is 0 Å². The maximum absolute atomic E-state index is 11.6. The van der Waals surface area contributed by atoms with E-state index in [0.29, 0.717) is 24.4 Å². The number of rotatable bonds is 34. The molecule has 0 aromatic rings. The molecule has 0 spiro atoms. The van der Waals surface area contributed by atoms with E-state index in [0.717, 1.165) is 12.8 Å². The Kier molecular flexibility index (Phi) is 37.9. The summed E-state index contributed by atoms with van der Waals surface area (Å²) in [5.41, 5.74) is 1.34. The summed E-state index contributed by atoms with van der Waals surface area (Å²) in [6.45, 7) is 5.67. The molecule has 0 aliphatic heterocycles. The minimum absolute atomic E-state index is 0. The van der Waals surface area contributed by atoms with Gasteiger partial charge in [0.25, 0.3) is 0 Å². The van der Waals surface area contributed by atoms with E-state index in [2.05, 4.69) is 13.8 Å². The van der Waals surface area contributed by atoms with Crippen molar-refractivity contribution in [1.82, 2.24) is 0 Å². The number of ether oxygens (including phenoxy) is 2. The van der Waals surface area contributed by atoms with Gasteiger partial charge in [-0.15, -0.1) is 0 Å². The van der Waals surface area contributed by atoms with Crippen molar-refractivity contribution in [3.05, 3.63) is 71.6 Å². The van der Waals surface area contributed by atoms with Crippen LogP contribution in [0.4, 0.5) is 0 Å². The van der Waals surface area contributed by atoms with Crippen molar-refractivity contribution in [3.63, 3.8) is 0 Å². The Morgan fingerprint density at radius 1 is 0.353 bits per heavy atom. The van der Waals surface area contributed by atoms with Crippen LogP contribution >= 0.6 is 0 Å². The van der Waals surface area contributed by atoms with Crippen LogP contribution in [0.3, 0.4) is 0 Å². The van der Waals surface area contributed by atoms with Gasteiger partial charge in [-0.2, -0.15) is 0 Å². The van der Waals surface area contributed by atoms with E-state index >= 15 is 0 Å². The predicted octanol–water partition coefficient (Wildman–Crippen LogP) is 13.1. The van der Waals surface area contributed by atoms with Crippen LogP contribution in [0.25, 0.3) is 0 Å². The zero-order valence-corrected chi connectivity index (χ0v) is 34.3. The van der Waals surface area contributed by atoms with Gasteiger partial charge in [-0.3, -0.25) is 0 Å². The van der Waals surface area contributed by atoms with Crippen LogP contribution in [-0.4, -0.2) is 13.2 Å². The molecule has 4 nitrogen and oxygen atoms in total. The molecule has 0 fully saturated rings. The minimum Gasteiger partial charge on any atom is -0.613 e. The number of allylic oxidation sites excluding steroid dienone is 10. The molecule has 0 bridgehead atoms. The first-order chi connectivity index (χ1) is 24.7. The Labute approximate surface area is 326 Å². The van der Waals surface area contributed by atoms with Crippen LogP contribution in [0.15, 0.2) is 71.6 Å². The summed E-state index contributed by atoms with van der Waals surface area (Å²) in [7, 11) is 0. The summed E-state index contributed by atoms with van der Waals surface area (Å²) >= 11 is 0. The summed E-state index contributed by atoms with van der Waals surface area (Å²) in [4.78, 5) is 0. The van der Waals surface area contributed by atoms with Crippen LogP contribution in [0, 0.1) is 0 Å². The van der Waals surface area contributed by atoms with Crippen molar-refractivity contribution >= 4 is 0 Å². The molecular weight excluding hydrogens is 672 g/mol. The van der Waals surface area contributed by atoms with Gasteiger partial charge in [0.2, 0.25) is 0 Å². The second-order valence-electron chi connectivity index (χ2n) is 14.5.